The van der Waals surface area contributed by atoms with E-state index in [9.17, 15) is 9.59 Å². The van der Waals surface area contributed by atoms with Crippen LogP contribution in [0.2, 0.25) is 0 Å². The van der Waals surface area contributed by atoms with Gasteiger partial charge in [-0.15, -0.1) is 6.58 Å². The first-order valence-corrected chi connectivity index (χ1v) is 9.18. The normalized spacial score (nSPS) is 13.0. The van der Waals surface area contributed by atoms with E-state index >= 15 is 0 Å². The van der Waals surface area contributed by atoms with Crippen molar-refractivity contribution in [3.05, 3.63) is 12.7 Å². The van der Waals surface area contributed by atoms with Gasteiger partial charge in [0.05, 0.1) is 13.7 Å². The molecule has 5 nitrogen and oxygen atoms in total. The van der Waals surface area contributed by atoms with Crippen LogP contribution < -0.4 is 5.32 Å². The topological polar surface area (TPSA) is 64.6 Å². The Morgan fingerprint density at radius 1 is 1.08 bits per heavy atom. The van der Waals surface area contributed by atoms with Crippen LogP contribution >= 0.6 is 0 Å². The summed E-state index contributed by atoms with van der Waals surface area (Å²) in [5.74, 6) is -0.369. The van der Waals surface area contributed by atoms with Crippen LogP contribution in [0.3, 0.4) is 0 Å². The maximum absolute atomic E-state index is 12.1. The highest BCUT2D eigenvalue weighted by atomic mass is 16.5. The molecule has 1 unspecified atom stereocenters. The molecule has 0 bridgehead atoms. The van der Waals surface area contributed by atoms with Gasteiger partial charge < -0.3 is 14.8 Å². The fourth-order valence-electron chi connectivity index (χ4n) is 2.39. The number of hydrogen-bond donors (Lipinski definition) is 1. The van der Waals surface area contributed by atoms with Crippen LogP contribution in [0.4, 0.5) is 4.79 Å². The average molecular weight is 341 g/mol. The minimum Gasteiger partial charge on any atom is -0.464 e. The lowest BCUT2D eigenvalue weighted by Crippen LogP contribution is -2.46. The molecule has 0 fully saturated rings. The Kier molecular flexibility index (Phi) is 14.1. The highest BCUT2D eigenvalue weighted by Gasteiger charge is 2.27. The van der Waals surface area contributed by atoms with E-state index in [-0.39, 0.29) is 11.9 Å². The maximum Gasteiger partial charge on any atom is 0.407 e. The predicted molar refractivity (Wildman–Crippen MR) is 96.9 cm³/mol. The van der Waals surface area contributed by atoms with Gasteiger partial charge in [-0.3, -0.25) is 0 Å². The second-order valence-corrected chi connectivity index (χ2v) is 6.22. The lowest BCUT2D eigenvalue weighted by Gasteiger charge is -2.21. The van der Waals surface area contributed by atoms with Gasteiger partial charge in [0.15, 0.2) is 0 Å². The number of nitrogens with one attached hydrogen (secondary N) is 1. The van der Waals surface area contributed by atoms with Crippen molar-refractivity contribution in [2.75, 3.05) is 13.7 Å². The van der Waals surface area contributed by atoms with Gasteiger partial charge in [0.2, 0.25) is 0 Å². The quantitative estimate of drug-likeness (QED) is 0.285. The van der Waals surface area contributed by atoms with Crippen LogP contribution in [0.5, 0.6) is 0 Å². The molecule has 0 rings (SSSR count). The molecule has 0 spiro atoms. The summed E-state index contributed by atoms with van der Waals surface area (Å²) in [6, 6.07) is -0.646. The Morgan fingerprint density at radius 3 is 2.21 bits per heavy atom. The monoisotopic (exact) mass is 341 g/mol. The maximum atomic E-state index is 12.1. The summed E-state index contributed by atoms with van der Waals surface area (Å²) < 4.78 is 9.88. The van der Waals surface area contributed by atoms with E-state index in [0.29, 0.717) is 6.61 Å². The number of ether oxygens (including phenoxy) is 2. The van der Waals surface area contributed by atoms with Crippen molar-refractivity contribution < 1.29 is 19.1 Å². The lowest BCUT2D eigenvalue weighted by atomic mass is 9.99. The molecule has 24 heavy (non-hydrogen) atoms. The Labute approximate surface area is 147 Å². The van der Waals surface area contributed by atoms with E-state index in [0.717, 1.165) is 25.7 Å². The number of unbranched alkanes of at least 4 members (excludes halogenated alkanes) is 7. The molecule has 2 atom stereocenters. The number of methoxy groups -OCH3 is 1. The van der Waals surface area contributed by atoms with E-state index in [2.05, 4.69) is 16.6 Å². The number of amides is 1. The molecular formula is C19H35NO4. The molecular weight excluding hydrogens is 306 g/mol. The van der Waals surface area contributed by atoms with Crippen LogP contribution in [-0.2, 0) is 14.3 Å². The zero-order valence-electron chi connectivity index (χ0n) is 15.6. The van der Waals surface area contributed by atoms with Crippen LogP contribution in [0.15, 0.2) is 12.7 Å². The van der Waals surface area contributed by atoms with Crippen molar-refractivity contribution in [1.82, 2.24) is 5.32 Å². The molecule has 0 aliphatic heterocycles. The van der Waals surface area contributed by atoms with Crippen LogP contribution in [0.1, 0.15) is 71.6 Å². The summed E-state index contributed by atoms with van der Waals surface area (Å²) in [4.78, 5) is 23.5. The van der Waals surface area contributed by atoms with Crippen LogP contribution in [0, 0.1) is 5.92 Å². The minimum absolute atomic E-state index is 0.00663. The number of alkyl carbamates (subject to hydrolysis) is 1. The summed E-state index contributed by atoms with van der Waals surface area (Å²) in [6.45, 7) is 8.01. The molecule has 0 aliphatic carbocycles. The molecule has 0 aromatic carbocycles. The summed E-state index contributed by atoms with van der Waals surface area (Å²) in [6.07, 6.45) is 11.3. The molecule has 0 saturated carbocycles. The third-order valence-electron chi connectivity index (χ3n) is 4.22. The van der Waals surface area contributed by atoms with Gasteiger partial charge >= 0.3 is 12.1 Å². The fourth-order valence-corrected chi connectivity index (χ4v) is 2.39. The first kappa shape index (κ1) is 22.5. The van der Waals surface area contributed by atoms with Crippen molar-refractivity contribution >= 4 is 12.1 Å². The van der Waals surface area contributed by atoms with Crippen molar-refractivity contribution in [1.29, 1.82) is 0 Å². The smallest absolute Gasteiger partial charge is 0.407 e. The largest absolute Gasteiger partial charge is 0.464 e. The Bertz CT molecular complexity index is 357. The summed E-state index contributed by atoms with van der Waals surface area (Å²) in [7, 11) is 1.28. The van der Waals surface area contributed by atoms with Gasteiger partial charge in [-0.05, 0) is 25.2 Å². The Morgan fingerprint density at radius 2 is 1.67 bits per heavy atom. The van der Waals surface area contributed by atoms with Crippen molar-refractivity contribution in [2.24, 2.45) is 5.92 Å². The van der Waals surface area contributed by atoms with Crippen LogP contribution in [0.25, 0.3) is 0 Å². The van der Waals surface area contributed by atoms with Gasteiger partial charge in [0.1, 0.15) is 6.04 Å². The van der Waals surface area contributed by atoms with E-state index in [1.807, 2.05) is 19.9 Å². The van der Waals surface area contributed by atoms with Gasteiger partial charge in [-0.25, -0.2) is 9.59 Å². The van der Waals surface area contributed by atoms with Crippen molar-refractivity contribution in [2.45, 2.75) is 77.7 Å². The molecule has 0 radical (unpaired) electrons. The molecule has 0 aromatic heterocycles. The van der Waals surface area contributed by atoms with E-state index in [4.69, 9.17) is 4.74 Å². The van der Waals surface area contributed by atoms with E-state index in [1.165, 1.54) is 39.2 Å². The minimum atomic E-state index is -0.646. The van der Waals surface area contributed by atoms with E-state index in [1.54, 1.807) is 0 Å². The van der Waals surface area contributed by atoms with Crippen LogP contribution in [-0.4, -0.2) is 31.8 Å². The molecule has 0 heterocycles. The van der Waals surface area contributed by atoms with Gasteiger partial charge in [0, 0.05) is 0 Å². The summed E-state index contributed by atoms with van der Waals surface area (Å²) in [5, 5.41) is 2.56. The Balaban J connectivity index is 3.83. The second-order valence-electron chi connectivity index (χ2n) is 6.22. The van der Waals surface area contributed by atoms with Crippen molar-refractivity contribution in [3.63, 3.8) is 0 Å². The number of allylic oxidation sites excluding steroid dienone is 1. The van der Waals surface area contributed by atoms with Gasteiger partial charge in [-0.1, -0.05) is 58.4 Å². The average Bonchev–Trinajstić information content (AvgIpc) is 2.60. The second kappa shape index (κ2) is 15.0. The molecule has 0 saturated heterocycles. The SMILES string of the molecule is C=CCCCCCCCCCOC(=O)[C@@H](NC(=O)OC)C(C)CC. The molecule has 1 amide bonds. The lowest BCUT2D eigenvalue weighted by molar-refractivity contribution is -0.147. The number of carbonyl (C=O) groups excluding carboxylic acids is 2. The number of esters is 1. The molecule has 0 aromatic rings. The molecule has 5 heteroatoms. The highest BCUT2D eigenvalue weighted by Crippen LogP contribution is 2.11. The number of hydrogen-bond acceptors (Lipinski definition) is 4. The molecule has 140 valence electrons. The summed E-state index contributed by atoms with van der Waals surface area (Å²) in [5.41, 5.74) is 0. The fraction of sp³-hybridized carbons (Fsp3) is 0.789. The zero-order chi connectivity index (χ0) is 18.2. The zero-order valence-corrected chi connectivity index (χ0v) is 15.6. The van der Waals surface area contributed by atoms with Gasteiger partial charge in [0.25, 0.3) is 0 Å². The van der Waals surface area contributed by atoms with E-state index < -0.39 is 12.1 Å². The first-order chi connectivity index (χ1) is 11.6. The highest BCUT2D eigenvalue weighted by molar-refractivity contribution is 5.81. The van der Waals surface area contributed by atoms with Crippen molar-refractivity contribution in [3.8, 4) is 0 Å². The summed E-state index contributed by atoms with van der Waals surface area (Å²) >= 11 is 0. The molecule has 0 aliphatic rings. The predicted octanol–water partition coefficient (Wildman–Crippen LogP) is 4.61. The van der Waals surface area contributed by atoms with Gasteiger partial charge in [-0.2, -0.15) is 0 Å². The third kappa shape index (κ3) is 11.1. The molecule has 1 N–H and O–H groups in total. The Hall–Kier alpha value is -1.52. The third-order valence-corrected chi connectivity index (χ3v) is 4.22. The first-order valence-electron chi connectivity index (χ1n) is 9.18. The standard InChI is InChI=1S/C19H35NO4/c1-5-7-8-9-10-11-12-13-14-15-24-18(21)17(16(3)6-2)20-19(22)23-4/h5,16-17H,1,6-15H2,2-4H3,(H,20,22)/t16?,17-/m0/s1. The number of rotatable bonds is 14. The number of carbonyl (C=O) groups is 2.